The van der Waals surface area contributed by atoms with Gasteiger partial charge in [-0.15, -0.1) is 0 Å². The molecule has 2 rings (SSSR count). The highest BCUT2D eigenvalue weighted by Gasteiger charge is 2.16. The van der Waals surface area contributed by atoms with E-state index in [9.17, 15) is 13.2 Å². The summed E-state index contributed by atoms with van der Waals surface area (Å²) in [6.45, 7) is 3.75. The Morgan fingerprint density at radius 3 is 2.40 bits per heavy atom. The van der Waals surface area contributed by atoms with Crippen molar-refractivity contribution in [3.05, 3.63) is 65.2 Å². The minimum Gasteiger partial charge on any atom is -0.496 e. The van der Waals surface area contributed by atoms with Gasteiger partial charge in [0.05, 0.1) is 19.4 Å². The number of carbonyl (C=O) groups excluding carboxylic acids is 1. The predicted octanol–water partition coefficient (Wildman–Crippen LogP) is 3.12. The van der Waals surface area contributed by atoms with E-state index in [1.54, 1.807) is 49.6 Å². The van der Waals surface area contributed by atoms with Gasteiger partial charge in [0.1, 0.15) is 5.75 Å². The highest BCUT2D eigenvalue weighted by Crippen LogP contribution is 2.27. The Labute approximate surface area is 149 Å². The quantitative estimate of drug-likeness (QED) is 0.733. The van der Waals surface area contributed by atoms with Crippen molar-refractivity contribution < 1.29 is 17.9 Å². The van der Waals surface area contributed by atoms with E-state index in [-0.39, 0.29) is 24.0 Å². The fourth-order valence-corrected chi connectivity index (χ4v) is 3.57. The molecular weight excluding hydrogens is 338 g/mol. The number of ether oxygens (including phenoxy) is 1. The fourth-order valence-electron chi connectivity index (χ4n) is 2.48. The van der Waals surface area contributed by atoms with Crippen LogP contribution < -0.4 is 9.46 Å². The van der Waals surface area contributed by atoms with Crippen LogP contribution >= 0.6 is 0 Å². The average molecular weight is 361 g/mol. The number of nitrogens with one attached hydrogen (secondary N) is 1. The maximum absolute atomic E-state index is 12.4. The van der Waals surface area contributed by atoms with Crippen molar-refractivity contribution in [2.75, 3.05) is 13.7 Å². The molecule has 134 valence electrons. The molecule has 0 radical (unpaired) electrons. The van der Waals surface area contributed by atoms with Crippen molar-refractivity contribution >= 4 is 15.8 Å². The molecule has 0 heterocycles. The lowest BCUT2D eigenvalue weighted by atomic mass is 9.98. The first kappa shape index (κ1) is 19.1. The summed E-state index contributed by atoms with van der Waals surface area (Å²) in [6.07, 6.45) is 0. The second-order valence-corrected chi connectivity index (χ2v) is 7.91. The molecule has 0 atom stereocenters. The zero-order chi connectivity index (χ0) is 18.4. The monoisotopic (exact) mass is 361 g/mol. The third-order valence-corrected chi connectivity index (χ3v) is 5.12. The molecule has 0 aliphatic heterocycles. The Kier molecular flexibility index (Phi) is 6.33. The van der Waals surface area contributed by atoms with E-state index in [1.807, 2.05) is 19.9 Å². The summed E-state index contributed by atoms with van der Waals surface area (Å²) in [5.41, 5.74) is 2.06. The molecule has 0 aliphatic carbocycles. The zero-order valence-corrected chi connectivity index (χ0v) is 15.5. The molecule has 5 nitrogen and oxygen atoms in total. The van der Waals surface area contributed by atoms with Crippen LogP contribution in [0.4, 0.5) is 0 Å². The first-order chi connectivity index (χ1) is 11.8. The van der Waals surface area contributed by atoms with Crippen LogP contribution in [0.1, 0.15) is 41.3 Å². The van der Waals surface area contributed by atoms with E-state index in [2.05, 4.69) is 4.72 Å². The Balaban J connectivity index is 2.06. The summed E-state index contributed by atoms with van der Waals surface area (Å²) in [5.74, 6) is 0.482. The molecule has 0 aliphatic rings. The molecule has 2 aromatic rings. The molecule has 0 amide bonds. The first-order valence-electron chi connectivity index (χ1n) is 8.05. The van der Waals surface area contributed by atoms with E-state index < -0.39 is 10.0 Å². The smallest absolute Gasteiger partial charge is 0.216 e. The van der Waals surface area contributed by atoms with E-state index in [4.69, 9.17) is 4.74 Å². The van der Waals surface area contributed by atoms with Crippen molar-refractivity contribution in [3.63, 3.8) is 0 Å². The minimum absolute atomic E-state index is 0.152. The second kappa shape index (κ2) is 8.27. The van der Waals surface area contributed by atoms with Gasteiger partial charge in [-0.3, -0.25) is 4.79 Å². The standard InChI is InChI=1S/C19H23NO4S/c1-14(2)17-11-16(9-10-19(17)24-3)18(21)12-20-25(22,23)13-15-7-5-4-6-8-15/h4-11,14,20H,12-13H2,1-3H3. The summed E-state index contributed by atoms with van der Waals surface area (Å²) >= 11 is 0. The fraction of sp³-hybridized carbons (Fsp3) is 0.316. The molecule has 25 heavy (non-hydrogen) atoms. The van der Waals surface area contributed by atoms with Crippen LogP contribution in [0.2, 0.25) is 0 Å². The number of sulfonamides is 1. The number of ketones is 1. The first-order valence-corrected chi connectivity index (χ1v) is 9.70. The van der Waals surface area contributed by atoms with E-state index >= 15 is 0 Å². The number of Topliss-reactive ketones (excluding diaryl/α,β-unsaturated/α-hetero) is 1. The van der Waals surface area contributed by atoms with Gasteiger partial charge >= 0.3 is 0 Å². The number of rotatable bonds is 8. The summed E-state index contributed by atoms with van der Waals surface area (Å²) in [7, 11) is -1.99. The van der Waals surface area contributed by atoms with Crippen LogP contribution in [0.5, 0.6) is 5.75 Å². The highest BCUT2D eigenvalue weighted by molar-refractivity contribution is 7.88. The summed E-state index contributed by atoms with van der Waals surface area (Å²) in [6, 6.07) is 14.0. The lowest BCUT2D eigenvalue weighted by Crippen LogP contribution is -2.30. The van der Waals surface area contributed by atoms with Crippen LogP contribution in [0, 0.1) is 0 Å². The van der Waals surface area contributed by atoms with Gasteiger partial charge in [-0.1, -0.05) is 44.2 Å². The van der Waals surface area contributed by atoms with Gasteiger partial charge in [0.15, 0.2) is 5.78 Å². The van der Waals surface area contributed by atoms with Gasteiger partial charge in [-0.25, -0.2) is 13.1 Å². The Morgan fingerprint density at radius 1 is 1.12 bits per heavy atom. The van der Waals surface area contributed by atoms with Gasteiger partial charge in [-0.05, 0) is 35.2 Å². The van der Waals surface area contributed by atoms with Crippen LogP contribution in [0.15, 0.2) is 48.5 Å². The summed E-state index contributed by atoms with van der Waals surface area (Å²) < 4.78 is 31.9. The highest BCUT2D eigenvalue weighted by atomic mass is 32.2. The molecule has 0 bridgehead atoms. The van der Waals surface area contributed by atoms with Crippen molar-refractivity contribution in [1.82, 2.24) is 4.72 Å². The molecule has 6 heteroatoms. The van der Waals surface area contributed by atoms with Gasteiger partial charge in [0, 0.05) is 5.56 Å². The molecular formula is C19H23NO4S. The predicted molar refractivity (Wildman–Crippen MR) is 98.5 cm³/mol. The van der Waals surface area contributed by atoms with Crippen molar-refractivity contribution in [2.24, 2.45) is 0 Å². The van der Waals surface area contributed by atoms with Crippen molar-refractivity contribution in [2.45, 2.75) is 25.5 Å². The molecule has 0 unspecified atom stereocenters. The van der Waals surface area contributed by atoms with Gasteiger partial charge in [0.2, 0.25) is 10.0 Å². The molecule has 0 saturated carbocycles. The van der Waals surface area contributed by atoms with Gasteiger partial charge in [0.25, 0.3) is 0 Å². The Hall–Kier alpha value is -2.18. The van der Waals surface area contributed by atoms with Gasteiger partial charge in [-0.2, -0.15) is 0 Å². The summed E-state index contributed by atoms with van der Waals surface area (Å²) in [5, 5.41) is 0. The van der Waals surface area contributed by atoms with Crippen molar-refractivity contribution in [1.29, 1.82) is 0 Å². The number of benzene rings is 2. The average Bonchev–Trinajstić information content (AvgIpc) is 2.59. The van der Waals surface area contributed by atoms with Crippen LogP contribution in [-0.4, -0.2) is 27.9 Å². The van der Waals surface area contributed by atoms with E-state index in [0.29, 0.717) is 11.1 Å². The topological polar surface area (TPSA) is 72.5 Å². The van der Waals surface area contributed by atoms with Gasteiger partial charge < -0.3 is 4.74 Å². The Bertz CT molecular complexity index is 830. The van der Waals surface area contributed by atoms with Crippen LogP contribution in [0.25, 0.3) is 0 Å². The SMILES string of the molecule is COc1ccc(C(=O)CNS(=O)(=O)Cc2ccccc2)cc1C(C)C. The molecule has 1 N–H and O–H groups in total. The van der Waals surface area contributed by atoms with Crippen LogP contribution in [0.3, 0.4) is 0 Å². The lowest BCUT2D eigenvalue weighted by Gasteiger charge is -2.13. The number of carbonyl (C=O) groups is 1. The largest absolute Gasteiger partial charge is 0.496 e. The number of hydrogen-bond donors (Lipinski definition) is 1. The van der Waals surface area contributed by atoms with Crippen molar-refractivity contribution in [3.8, 4) is 5.75 Å². The van der Waals surface area contributed by atoms with E-state index in [0.717, 1.165) is 11.3 Å². The normalized spacial score (nSPS) is 11.5. The molecule has 2 aromatic carbocycles. The van der Waals surface area contributed by atoms with Crippen LogP contribution in [-0.2, 0) is 15.8 Å². The zero-order valence-electron chi connectivity index (χ0n) is 14.7. The number of methoxy groups -OCH3 is 1. The summed E-state index contributed by atoms with van der Waals surface area (Å²) in [4.78, 5) is 12.4. The molecule has 0 spiro atoms. The third kappa shape index (κ3) is 5.41. The molecule has 0 saturated heterocycles. The molecule has 0 aromatic heterocycles. The molecule has 0 fully saturated rings. The third-order valence-electron chi connectivity index (χ3n) is 3.83. The van der Waals surface area contributed by atoms with E-state index in [1.165, 1.54) is 0 Å². The number of hydrogen-bond acceptors (Lipinski definition) is 4. The Morgan fingerprint density at radius 2 is 1.80 bits per heavy atom. The lowest BCUT2D eigenvalue weighted by molar-refractivity contribution is 0.0997. The maximum Gasteiger partial charge on any atom is 0.216 e. The maximum atomic E-state index is 12.4. The minimum atomic E-state index is -3.57. The second-order valence-electron chi connectivity index (χ2n) is 6.10.